The van der Waals surface area contributed by atoms with E-state index in [9.17, 15) is 14.0 Å². The molecular formula is C19H25FN2O3. The van der Waals surface area contributed by atoms with Crippen LogP contribution in [0.5, 0.6) is 0 Å². The van der Waals surface area contributed by atoms with Crippen LogP contribution >= 0.6 is 0 Å². The molecule has 0 unspecified atom stereocenters. The number of piperidine rings is 1. The van der Waals surface area contributed by atoms with Crippen molar-refractivity contribution < 1.29 is 18.7 Å². The summed E-state index contributed by atoms with van der Waals surface area (Å²) in [6.07, 6.45) is 0.809. The Balaban J connectivity index is 1.89. The minimum Gasteiger partial charge on any atom is -0.372 e. The van der Waals surface area contributed by atoms with E-state index in [2.05, 4.69) is 0 Å². The molecule has 136 valence electrons. The van der Waals surface area contributed by atoms with Crippen molar-refractivity contribution in [2.24, 2.45) is 5.92 Å². The van der Waals surface area contributed by atoms with Crippen molar-refractivity contribution in [2.75, 3.05) is 20.1 Å². The highest BCUT2D eigenvalue weighted by Crippen LogP contribution is 2.37. The van der Waals surface area contributed by atoms with E-state index < -0.39 is 6.04 Å². The maximum Gasteiger partial charge on any atom is 0.228 e. The molecule has 4 atom stereocenters. The average Bonchev–Trinajstić information content (AvgIpc) is 2.55. The number of carbonyl (C=O) groups excluding carboxylic acids is 2. The summed E-state index contributed by atoms with van der Waals surface area (Å²) in [5.41, 5.74) is 0.670. The minimum absolute atomic E-state index is 0.0109. The second-order valence-electron chi connectivity index (χ2n) is 7.15. The highest BCUT2D eigenvalue weighted by Gasteiger charge is 2.41. The van der Waals surface area contributed by atoms with Crippen molar-refractivity contribution in [3.63, 3.8) is 0 Å². The summed E-state index contributed by atoms with van der Waals surface area (Å²) in [5, 5.41) is 0. The largest absolute Gasteiger partial charge is 0.372 e. The zero-order chi connectivity index (χ0) is 18.1. The molecule has 25 heavy (non-hydrogen) atoms. The summed E-state index contributed by atoms with van der Waals surface area (Å²) in [6.45, 7) is 5.01. The normalized spacial score (nSPS) is 30.5. The SMILES string of the molecule is C[C@@H]1CN(C(=O)[C@@H]2CCC(=O)N(C)[C@H]2c2cccc(F)c2)C[C@H](C)O1. The van der Waals surface area contributed by atoms with E-state index in [4.69, 9.17) is 4.74 Å². The van der Waals surface area contributed by atoms with E-state index in [1.807, 2.05) is 18.7 Å². The van der Waals surface area contributed by atoms with Crippen LogP contribution in [0.15, 0.2) is 24.3 Å². The fraction of sp³-hybridized carbons (Fsp3) is 0.579. The molecular weight excluding hydrogens is 323 g/mol. The van der Waals surface area contributed by atoms with Gasteiger partial charge >= 0.3 is 0 Å². The van der Waals surface area contributed by atoms with Gasteiger partial charge < -0.3 is 14.5 Å². The maximum atomic E-state index is 13.7. The molecule has 2 heterocycles. The molecule has 0 N–H and O–H groups in total. The molecule has 2 amide bonds. The van der Waals surface area contributed by atoms with Gasteiger partial charge in [0, 0.05) is 26.6 Å². The molecule has 0 saturated carbocycles. The van der Waals surface area contributed by atoms with Gasteiger partial charge in [0.2, 0.25) is 11.8 Å². The van der Waals surface area contributed by atoms with Crippen molar-refractivity contribution in [3.8, 4) is 0 Å². The van der Waals surface area contributed by atoms with Gasteiger partial charge in [-0.2, -0.15) is 0 Å². The Morgan fingerprint density at radius 1 is 1.24 bits per heavy atom. The van der Waals surface area contributed by atoms with Gasteiger partial charge in [0.05, 0.1) is 24.2 Å². The van der Waals surface area contributed by atoms with Crippen LogP contribution in [-0.2, 0) is 14.3 Å². The third-order valence-electron chi connectivity index (χ3n) is 5.10. The van der Waals surface area contributed by atoms with Crippen LogP contribution in [0.25, 0.3) is 0 Å². The highest BCUT2D eigenvalue weighted by atomic mass is 19.1. The first-order valence-corrected chi connectivity index (χ1v) is 8.82. The monoisotopic (exact) mass is 348 g/mol. The summed E-state index contributed by atoms with van der Waals surface area (Å²) in [5.74, 6) is -0.705. The molecule has 0 bridgehead atoms. The molecule has 0 spiro atoms. The van der Waals surface area contributed by atoms with Crippen LogP contribution in [0.4, 0.5) is 4.39 Å². The lowest BCUT2D eigenvalue weighted by atomic mass is 9.83. The maximum absolute atomic E-state index is 13.7. The van der Waals surface area contributed by atoms with Gasteiger partial charge in [-0.25, -0.2) is 4.39 Å². The Hall–Kier alpha value is -1.95. The number of amides is 2. The van der Waals surface area contributed by atoms with Crippen molar-refractivity contribution in [3.05, 3.63) is 35.6 Å². The number of morpholine rings is 1. The predicted octanol–water partition coefficient (Wildman–Crippen LogP) is 2.37. The van der Waals surface area contributed by atoms with Crippen molar-refractivity contribution >= 4 is 11.8 Å². The minimum atomic E-state index is -0.432. The van der Waals surface area contributed by atoms with Crippen LogP contribution < -0.4 is 0 Å². The van der Waals surface area contributed by atoms with Crippen LogP contribution in [0, 0.1) is 11.7 Å². The van der Waals surface area contributed by atoms with E-state index in [0.717, 1.165) is 0 Å². The first-order valence-electron chi connectivity index (χ1n) is 8.82. The Kier molecular flexibility index (Phi) is 5.08. The summed E-state index contributed by atoms with van der Waals surface area (Å²) in [7, 11) is 1.70. The smallest absolute Gasteiger partial charge is 0.228 e. The molecule has 6 heteroatoms. The van der Waals surface area contributed by atoms with Crippen LogP contribution in [-0.4, -0.2) is 54.0 Å². The van der Waals surface area contributed by atoms with Gasteiger partial charge in [0.25, 0.3) is 0 Å². The third-order valence-corrected chi connectivity index (χ3v) is 5.10. The van der Waals surface area contributed by atoms with Gasteiger partial charge in [0.15, 0.2) is 0 Å². The number of hydrogen-bond donors (Lipinski definition) is 0. The first-order chi connectivity index (χ1) is 11.9. The molecule has 0 aromatic heterocycles. The molecule has 1 aromatic rings. The second-order valence-corrected chi connectivity index (χ2v) is 7.15. The molecule has 3 rings (SSSR count). The molecule has 2 saturated heterocycles. The Morgan fingerprint density at radius 2 is 1.92 bits per heavy atom. The number of nitrogens with zero attached hydrogens (tertiary/aromatic N) is 2. The van der Waals surface area contributed by atoms with Crippen molar-refractivity contribution in [1.82, 2.24) is 9.80 Å². The summed E-state index contributed by atoms with van der Waals surface area (Å²) in [4.78, 5) is 28.8. The fourth-order valence-corrected chi connectivity index (χ4v) is 4.04. The Bertz CT molecular complexity index is 656. The standard InChI is InChI=1S/C19H25FN2O3/c1-12-10-22(11-13(2)25-12)19(24)16-7-8-17(23)21(3)18(16)14-5-4-6-15(20)9-14/h4-6,9,12-13,16,18H,7-8,10-11H2,1-3H3/t12-,13+,16-,18+/m1/s1. The van der Waals surface area contributed by atoms with Crippen LogP contribution in [0.1, 0.15) is 38.3 Å². The average molecular weight is 348 g/mol. The molecule has 2 aliphatic heterocycles. The molecule has 1 aromatic carbocycles. The molecule has 2 aliphatic rings. The van der Waals surface area contributed by atoms with Gasteiger partial charge in [-0.15, -0.1) is 0 Å². The fourth-order valence-electron chi connectivity index (χ4n) is 4.04. The number of hydrogen-bond acceptors (Lipinski definition) is 3. The number of halogens is 1. The lowest BCUT2D eigenvalue weighted by molar-refractivity contribution is -0.154. The van der Waals surface area contributed by atoms with Gasteiger partial charge in [-0.1, -0.05) is 12.1 Å². The van der Waals surface area contributed by atoms with E-state index in [-0.39, 0.29) is 35.8 Å². The number of carbonyl (C=O) groups is 2. The number of benzene rings is 1. The highest BCUT2D eigenvalue weighted by molar-refractivity contribution is 5.85. The zero-order valence-corrected chi connectivity index (χ0v) is 14.9. The number of rotatable bonds is 2. The molecule has 5 nitrogen and oxygen atoms in total. The van der Waals surface area contributed by atoms with Crippen LogP contribution in [0.3, 0.4) is 0 Å². The summed E-state index contributed by atoms with van der Waals surface area (Å²) < 4.78 is 19.4. The van der Waals surface area contributed by atoms with E-state index >= 15 is 0 Å². The van der Waals surface area contributed by atoms with Crippen molar-refractivity contribution in [1.29, 1.82) is 0 Å². The van der Waals surface area contributed by atoms with E-state index in [1.165, 1.54) is 12.1 Å². The lowest BCUT2D eigenvalue weighted by Crippen LogP contribution is -2.53. The zero-order valence-electron chi connectivity index (χ0n) is 14.9. The predicted molar refractivity (Wildman–Crippen MR) is 91.2 cm³/mol. The summed E-state index contributed by atoms with van der Waals surface area (Å²) >= 11 is 0. The van der Waals surface area contributed by atoms with Crippen molar-refractivity contribution in [2.45, 2.75) is 44.9 Å². The molecule has 2 fully saturated rings. The topological polar surface area (TPSA) is 49.9 Å². The number of likely N-dealkylation sites (tertiary alicyclic amines) is 1. The second kappa shape index (κ2) is 7.12. The quantitative estimate of drug-likeness (QED) is 0.824. The first kappa shape index (κ1) is 17.9. The summed E-state index contributed by atoms with van der Waals surface area (Å²) in [6, 6.07) is 5.77. The van der Waals surface area contributed by atoms with Gasteiger partial charge in [-0.05, 0) is 38.0 Å². The Labute approximate surface area is 147 Å². The Morgan fingerprint density at radius 3 is 2.56 bits per heavy atom. The van der Waals surface area contributed by atoms with E-state index in [1.54, 1.807) is 24.1 Å². The van der Waals surface area contributed by atoms with Gasteiger partial charge in [-0.3, -0.25) is 9.59 Å². The number of ether oxygens (including phenoxy) is 1. The van der Waals surface area contributed by atoms with E-state index in [0.29, 0.717) is 31.5 Å². The van der Waals surface area contributed by atoms with Gasteiger partial charge in [0.1, 0.15) is 5.82 Å². The van der Waals surface area contributed by atoms with Crippen LogP contribution in [0.2, 0.25) is 0 Å². The molecule has 0 radical (unpaired) electrons. The third kappa shape index (κ3) is 3.68. The molecule has 0 aliphatic carbocycles. The lowest BCUT2D eigenvalue weighted by Gasteiger charge is -2.43.